The van der Waals surface area contributed by atoms with Crippen LogP contribution in [0.1, 0.15) is 74.8 Å². The number of rotatable bonds is 9. The number of benzene rings is 2. The molecule has 2 saturated carbocycles. The van der Waals surface area contributed by atoms with Crippen molar-refractivity contribution in [3.63, 3.8) is 0 Å². The number of aromatic amines is 1. The number of imidazole rings is 1. The Morgan fingerprint density at radius 1 is 0.933 bits per heavy atom. The maximum atomic E-state index is 14.2. The molecule has 45 heavy (non-hydrogen) atoms. The van der Waals surface area contributed by atoms with Crippen molar-refractivity contribution in [2.45, 2.75) is 69.9 Å². The summed E-state index contributed by atoms with van der Waals surface area (Å²) in [4.78, 5) is 17.9. The Bertz CT molecular complexity index is 1650. The fraction of sp³-hybridized carbons (Fsp3) is 0.500. The SMILES string of the molecule is COCC1(CN(C)c2cc(-c3ccc(C4CC4)c(C(F)(F)F)c3)nc3nc(-c4ccc(N5CCCCC5)cc4)[nH]c23)CCCC1. The summed E-state index contributed by atoms with van der Waals surface area (Å²) in [6.45, 7) is 3.60. The second kappa shape index (κ2) is 12.0. The lowest BCUT2D eigenvalue weighted by Crippen LogP contribution is -2.37. The molecule has 3 heterocycles. The van der Waals surface area contributed by atoms with Crippen molar-refractivity contribution in [1.82, 2.24) is 15.0 Å². The number of anilines is 2. The monoisotopic (exact) mass is 617 g/mol. The normalized spacial score (nSPS) is 18.6. The van der Waals surface area contributed by atoms with Crippen LogP contribution in [0.5, 0.6) is 0 Å². The smallest absolute Gasteiger partial charge is 0.384 e. The number of hydrogen-bond acceptors (Lipinski definition) is 5. The fourth-order valence-electron chi connectivity index (χ4n) is 7.62. The van der Waals surface area contributed by atoms with Crippen LogP contribution in [0.3, 0.4) is 0 Å². The van der Waals surface area contributed by atoms with Gasteiger partial charge in [-0.15, -0.1) is 0 Å². The number of aromatic nitrogens is 3. The van der Waals surface area contributed by atoms with E-state index in [1.54, 1.807) is 19.2 Å². The highest BCUT2D eigenvalue weighted by Gasteiger charge is 2.39. The maximum absolute atomic E-state index is 14.2. The number of piperidine rings is 1. The predicted molar refractivity (Wildman–Crippen MR) is 174 cm³/mol. The third kappa shape index (κ3) is 6.16. The van der Waals surface area contributed by atoms with Gasteiger partial charge in [0.05, 0.1) is 23.6 Å². The zero-order chi connectivity index (χ0) is 31.2. The Morgan fingerprint density at radius 3 is 2.31 bits per heavy atom. The molecule has 2 aromatic heterocycles. The number of pyridine rings is 1. The first-order valence-electron chi connectivity index (χ1n) is 16.4. The van der Waals surface area contributed by atoms with Crippen molar-refractivity contribution in [1.29, 1.82) is 0 Å². The number of nitrogens with zero attached hydrogens (tertiary/aromatic N) is 4. The second-order valence-corrected chi connectivity index (χ2v) is 13.5. The Hall–Kier alpha value is -3.59. The van der Waals surface area contributed by atoms with Gasteiger partial charge in [0.2, 0.25) is 0 Å². The van der Waals surface area contributed by atoms with E-state index in [0.717, 1.165) is 62.1 Å². The molecule has 2 aromatic carbocycles. The summed E-state index contributed by atoms with van der Waals surface area (Å²) in [5, 5.41) is 0. The lowest BCUT2D eigenvalue weighted by Gasteiger charge is -2.34. The van der Waals surface area contributed by atoms with E-state index in [0.29, 0.717) is 34.9 Å². The molecule has 3 aliphatic rings. The standard InChI is InChI=1S/C36H42F3N5O/c1-43(22-35(23-45-2)16-4-5-17-35)31-21-30(26-12-15-28(24-8-9-24)29(20-26)36(37,38)39)40-34-32(31)41-33(42-34)25-10-13-27(14-11-25)44-18-6-3-7-19-44/h10-15,20-21,24H,3-9,16-19,22-23H2,1-2H3,(H,40,41,42). The molecule has 9 heteroatoms. The maximum Gasteiger partial charge on any atom is 0.416 e. The van der Waals surface area contributed by atoms with E-state index in [-0.39, 0.29) is 11.3 Å². The molecule has 3 fully saturated rings. The average molecular weight is 618 g/mol. The summed E-state index contributed by atoms with van der Waals surface area (Å²) in [5.41, 5.74) is 5.12. The van der Waals surface area contributed by atoms with Crippen molar-refractivity contribution in [2.75, 3.05) is 50.2 Å². The van der Waals surface area contributed by atoms with Crippen LogP contribution in [0.4, 0.5) is 24.5 Å². The van der Waals surface area contributed by atoms with Gasteiger partial charge in [-0.3, -0.25) is 0 Å². The minimum Gasteiger partial charge on any atom is -0.384 e. The first kappa shape index (κ1) is 30.1. The molecule has 0 unspecified atom stereocenters. The Morgan fingerprint density at radius 2 is 1.64 bits per heavy atom. The molecule has 0 bridgehead atoms. The number of ether oxygens (including phenoxy) is 1. The van der Waals surface area contributed by atoms with Crippen molar-refractivity contribution in [2.24, 2.45) is 5.41 Å². The molecule has 1 aliphatic heterocycles. The van der Waals surface area contributed by atoms with Crippen molar-refractivity contribution >= 4 is 22.5 Å². The van der Waals surface area contributed by atoms with Crippen LogP contribution >= 0.6 is 0 Å². The number of nitrogens with one attached hydrogen (secondary N) is 1. The molecular weight excluding hydrogens is 575 g/mol. The zero-order valence-corrected chi connectivity index (χ0v) is 26.2. The molecular formula is C36H42F3N5O. The summed E-state index contributed by atoms with van der Waals surface area (Å²) in [6.07, 6.45) is 5.42. The molecule has 0 radical (unpaired) electrons. The van der Waals surface area contributed by atoms with E-state index in [4.69, 9.17) is 14.7 Å². The largest absolute Gasteiger partial charge is 0.416 e. The number of alkyl halides is 3. The molecule has 238 valence electrons. The van der Waals surface area contributed by atoms with Gasteiger partial charge < -0.3 is 19.5 Å². The number of hydrogen-bond donors (Lipinski definition) is 1. The van der Waals surface area contributed by atoms with Crippen LogP contribution in [-0.4, -0.2) is 55.4 Å². The van der Waals surface area contributed by atoms with Crippen LogP contribution < -0.4 is 9.80 Å². The number of fused-ring (bicyclic) bond motifs is 1. The van der Waals surface area contributed by atoms with Gasteiger partial charge in [-0.25, -0.2) is 9.97 Å². The highest BCUT2D eigenvalue weighted by Crippen LogP contribution is 2.47. The topological polar surface area (TPSA) is 57.3 Å². The zero-order valence-electron chi connectivity index (χ0n) is 26.2. The molecule has 4 aromatic rings. The summed E-state index contributed by atoms with van der Waals surface area (Å²) in [6, 6.07) is 15.1. The molecule has 1 saturated heterocycles. The van der Waals surface area contributed by atoms with E-state index in [1.165, 1.54) is 43.9 Å². The second-order valence-electron chi connectivity index (χ2n) is 13.5. The van der Waals surface area contributed by atoms with E-state index in [1.807, 2.05) is 6.07 Å². The van der Waals surface area contributed by atoms with Gasteiger partial charge in [0.25, 0.3) is 0 Å². The highest BCUT2D eigenvalue weighted by molar-refractivity contribution is 5.91. The van der Waals surface area contributed by atoms with Crippen LogP contribution in [0.15, 0.2) is 48.5 Å². The first-order chi connectivity index (χ1) is 21.7. The summed E-state index contributed by atoms with van der Waals surface area (Å²) in [7, 11) is 3.81. The first-order valence-corrected chi connectivity index (χ1v) is 16.4. The average Bonchev–Trinajstić information content (AvgIpc) is 3.64. The Balaban J connectivity index is 1.30. The molecule has 7 rings (SSSR count). The molecule has 0 spiro atoms. The quantitative estimate of drug-likeness (QED) is 0.203. The molecule has 0 atom stereocenters. The van der Waals surface area contributed by atoms with E-state index in [9.17, 15) is 13.2 Å². The van der Waals surface area contributed by atoms with Crippen LogP contribution in [0.2, 0.25) is 0 Å². The van der Waals surface area contributed by atoms with Crippen LogP contribution in [0.25, 0.3) is 33.8 Å². The van der Waals surface area contributed by atoms with E-state index < -0.39 is 11.7 Å². The minimum atomic E-state index is -4.42. The van der Waals surface area contributed by atoms with Gasteiger partial charge in [-0.1, -0.05) is 25.0 Å². The van der Waals surface area contributed by atoms with E-state index in [2.05, 4.69) is 46.1 Å². The fourth-order valence-corrected chi connectivity index (χ4v) is 7.62. The molecule has 6 nitrogen and oxygen atoms in total. The van der Waals surface area contributed by atoms with Crippen LogP contribution in [-0.2, 0) is 10.9 Å². The van der Waals surface area contributed by atoms with Gasteiger partial charge in [-0.05, 0) is 92.8 Å². The van der Waals surface area contributed by atoms with Gasteiger partial charge in [-0.2, -0.15) is 13.2 Å². The molecule has 1 N–H and O–H groups in total. The van der Waals surface area contributed by atoms with E-state index >= 15 is 0 Å². The summed E-state index contributed by atoms with van der Waals surface area (Å²) in [5.74, 6) is 0.688. The van der Waals surface area contributed by atoms with Crippen molar-refractivity contribution in [3.8, 4) is 22.6 Å². The third-order valence-corrected chi connectivity index (χ3v) is 10.1. The van der Waals surface area contributed by atoms with Gasteiger partial charge >= 0.3 is 6.18 Å². The number of H-pyrrole nitrogens is 1. The summed E-state index contributed by atoms with van der Waals surface area (Å²) < 4.78 is 48.3. The Kier molecular flexibility index (Phi) is 8.00. The lowest BCUT2D eigenvalue weighted by atomic mass is 9.86. The predicted octanol–water partition coefficient (Wildman–Crippen LogP) is 8.82. The van der Waals surface area contributed by atoms with Crippen LogP contribution in [0, 0.1) is 5.41 Å². The van der Waals surface area contributed by atoms with Gasteiger partial charge in [0.15, 0.2) is 5.65 Å². The van der Waals surface area contributed by atoms with Gasteiger partial charge in [0.1, 0.15) is 11.3 Å². The van der Waals surface area contributed by atoms with Crippen molar-refractivity contribution in [3.05, 3.63) is 59.7 Å². The summed E-state index contributed by atoms with van der Waals surface area (Å²) >= 11 is 0. The highest BCUT2D eigenvalue weighted by atomic mass is 19.4. The molecule has 2 aliphatic carbocycles. The minimum absolute atomic E-state index is 0.00797. The Labute approximate surface area is 263 Å². The number of methoxy groups -OCH3 is 1. The third-order valence-electron chi connectivity index (χ3n) is 10.1. The number of halogens is 3. The molecule has 0 amide bonds. The van der Waals surface area contributed by atoms with Gasteiger partial charge in [0, 0.05) is 56.0 Å². The van der Waals surface area contributed by atoms with Crippen molar-refractivity contribution < 1.29 is 17.9 Å². The lowest BCUT2D eigenvalue weighted by molar-refractivity contribution is -0.138.